The summed E-state index contributed by atoms with van der Waals surface area (Å²) in [5.41, 5.74) is -2.52. The third-order valence-electron chi connectivity index (χ3n) is 4.07. The fraction of sp³-hybridized carbons (Fsp3) is 0.111. The molecule has 2 aromatic heterocycles. The molecule has 0 unspecified atom stereocenters. The summed E-state index contributed by atoms with van der Waals surface area (Å²) in [6.45, 7) is 0. The van der Waals surface area contributed by atoms with Crippen molar-refractivity contribution >= 4 is 21.8 Å². The number of aromatic nitrogens is 2. The number of benzene rings is 2. The monoisotopic (exact) mass is 428 g/mol. The van der Waals surface area contributed by atoms with E-state index >= 15 is 0 Å². The van der Waals surface area contributed by atoms with E-state index < -0.39 is 35.4 Å². The van der Waals surface area contributed by atoms with Crippen LogP contribution >= 0.6 is 0 Å². The van der Waals surface area contributed by atoms with Crippen molar-refractivity contribution in [3.05, 3.63) is 69.0 Å². The number of hydrogen-bond acceptors (Lipinski definition) is 6. The molecule has 0 aliphatic carbocycles. The molecule has 0 spiro atoms. The van der Waals surface area contributed by atoms with Gasteiger partial charge in [0.05, 0.1) is 21.8 Å². The molecule has 154 valence electrons. The van der Waals surface area contributed by atoms with Gasteiger partial charge >= 0.3 is 35.4 Å². The minimum atomic E-state index is -4.94. The van der Waals surface area contributed by atoms with Crippen LogP contribution in [0.3, 0.4) is 0 Å². The molecular formula is C18H6F6N2O4. The van der Waals surface area contributed by atoms with E-state index in [4.69, 9.17) is 0 Å². The summed E-state index contributed by atoms with van der Waals surface area (Å²) >= 11 is 0. The van der Waals surface area contributed by atoms with E-state index in [9.17, 15) is 35.9 Å². The quantitative estimate of drug-likeness (QED) is 0.418. The lowest BCUT2D eigenvalue weighted by atomic mass is 10.0. The van der Waals surface area contributed by atoms with Crippen molar-refractivity contribution in [2.24, 2.45) is 0 Å². The first-order chi connectivity index (χ1) is 13.9. The van der Waals surface area contributed by atoms with E-state index in [1.807, 2.05) is 0 Å². The summed E-state index contributed by atoms with van der Waals surface area (Å²) in [6, 6.07) is 7.33. The standard InChI is InChI=1S/C18H6F6N2O4/c19-17(20,21)15-25-11-3-1-7(5-9(11)13(27)29-15)8-2-4-12-10(6-8)14(28)30-16(26-12)18(22,23)24/h1-6H. The van der Waals surface area contributed by atoms with Crippen LogP contribution in [-0.4, -0.2) is 9.97 Å². The molecule has 4 aromatic rings. The van der Waals surface area contributed by atoms with Gasteiger partial charge in [-0.25, -0.2) is 19.6 Å². The molecule has 30 heavy (non-hydrogen) atoms. The predicted molar refractivity (Wildman–Crippen MR) is 89.6 cm³/mol. The molecule has 0 N–H and O–H groups in total. The Kier molecular flexibility index (Phi) is 4.19. The minimum absolute atomic E-state index is 0.252. The SMILES string of the molecule is O=c1oc(C(F)(F)F)nc2ccc(-c3ccc4nc(C(F)(F)F)oc(=O)c4c3)cc12. The van der Waals surface area contributed by atoms with Crippen LogP contribution in [0.4, 0.5) is 26.3 Å². The Hall–Kier alpha value is -3.70. The highest BCUT2D eigenvalue weighted by molar-refractivity contribution is 5.87. The van der Waals surface area contributed by atoms with Gasteiger partial charge in [-0.1, -0.05) is 12.1 Å². The zero-order chi connectivity index (χ0) is 21.8. The summed E-state index contributed by atoms with van der Waals surface area (Å²) in [7, 11) is 0. The minimum Gasteiger partial charge on any atom is -0.398 e. The van der Waals surface area contributed by atoms with Gasteiger partial charge in [-0.05, 0) is 35.4 Å². The number of hydrogen-bond donors (Lipinski definition) is 0. The summed E-state index contributed by atoms with van der Waals surface area (Å²) in [5.74, 6) is -3.38. The zero-order valence-corrected chi connectivity index (χ0v) is 14.3. The fourth-order valence-electron chi connectivity index (χ4n) is 2.75. The summed E-state index contributed by atoms with van der Waals surface area (Å²) in [4.78, 5) is 30.4. The lowest BCUT2D eigenvalue weighted by Gasteiger charge is -2.08. The predicted octanol–water partition coefficient (Wildman–Crippen LogP) is 4.39. The molecular weight excluding hydrogens is 422 g/mol. The number of alkyl halides is 6. The third kappa shape index (κ3) is 3.40. The molecule has 2 heterocycles. The average Bonchev–Trinajstić information content (AvgIpc) is 2.66. The Labute approximate surface area is 160 Å². The Morgan fingerprint density at radius 3 is 1.33 bits per heavy atom. The number of halogens is 6. The molecule has 0 amide bonds. The van der Waals surface area contributed by atoms with Gasteiger partial charge in [0.25, 0.3) is 0 Å². The van der Waals surface area contributed by atoms with Gasteiger partial charge in [-0.2, -0.15) is 26.3 Å². The molecule has 0 fully saturated rings. The second-order valence-corrected chi connectivity index (χ2v) is 6.07. The first kappa shape index (κ1) is 19.6. The highest BCUT2D eigenvalue weighted by Crippen LogP contribution is 2.31. The van der Waals surface area contributed by atoms with Crippen molar-refractivity contribution in [3.63, 3.8) is 0 Å². The zero-order valence-electron chi connectivity index (χ0n) is 14.3. The Morgan fingerprint density at radius 2 is 1.00 bits per heavy atom. The van der Waals surface area contributed by atoms with Gasteiger partial charge in [0, 0.05) is 0 Å². The number of fused-ring (bicyclic) bond motifs is 2. The van der Waals surface area contributed by atoms with E-state index in [2.05, 4.69) is 18.8 Å². The van der Waals surface area contributed by atoms with Crippen molar-refractivity contribution in [3.8, 4) is 11.1 Å². The molecule has 0 aliphatic heterocycles. The summed E-state index contributed by atoms with van der Waals surface area (Å²) in [6.07, 6.45) is -9.89. The van der Waals surface area contributed by atoms with E-state index in [0.717, 1.165) is 12.1 Å². The van der Waals surface area contributed by atoms with Crippen molar-refractivity contribution in [1.82, 2.24) is 9.97 Å². The molecule has 0 aliphatic rings. The maximum absolute atomic E-state index is 12.7. The van der Waals surface area contributed by atoms with E-state index in [0.29, 0.717) is 0 Å². The second kappa shape index (κ2) is 6.40. The molecule has 0 atom stereocenters. The molecule has 0 saturated carbocycles. The van der Waals surface area contributed by atoms with Crippen molar-refractivity contribution in [2.45, 2.75) is 12.4 Å². The number of rotatable bonds is 1. The highest BCUT2D eigenvalue weighted by atomic mass is 19.4. The maximum Gasteiger partial charge on any atom is 0.469 e. The van der Waals surface area contributed by atoms with Gasteiger partial charge in [0.2, 0.25) is 0 Å². The molecule has 12 heteroatoms. The van der Waals surface area contributed by atoms with Crippen LogP contribution in [0.5, 0.6) is 0 Å². The summed E-state index contributed by atoms with van der Waals surface area (Å²) in [5, 5.41) is -0.503. The first-order valence-corrected chi connectivity index (χ1v) is 7.98. The van der Waals surface area contributed by atoms with Crippen molar-refractivity contribution < 1.29 is 35.2 Å². The average molecular weight is 428 g/mol. The van der Waals surface area contributed by atoms with Crippen LogP contribution in [-0.2, 0) is 12.4 Å². The van der Waals surface area contributed by atoms with Crippen LogP contribution in [0, 0.1) is 0 Å². The van der Waals surface area contributed by atoms with Gasteiger partial charge in [0.15, 0.2) is 0 Å². The van der Waals surface area contributed by atoms with Crippen LogP contribution < -0.4 is 11.3 Å². The second-order valence-electron chi connectivity index (χ2n) is 6.07. The topological polar surface area (TPSA) is 86.2 Å². The normalized spacial score (nSPS) is 12.6. The largest absolute Gasteiger partial charge is 0.469 e. The van der Waals surface area contributed by atoms with E-state index in [1.54, 1.807) is 0 Å². The lowest BCUT2D eigenvalue weighted by molar-refractivity contribution is -0.159. The maximum atomic E-state index is 12.7. The van der Waals surface area contributed by atoms with E-state index in [1.165, 1.54) is 24.3 Å². The Morgan fingerprint density at radius 1 is 0.633 bits per heavy atom. The third-order valence-corrected chi connectivity index (χ3v) is 4.07. The van der Waals surface area contributed by atoms with Gasteiger partial charge in [-0.3, -0.25) is 0 Å². The smallest absolute Gasteiger partial charge is 0.398 e. The molecule has 0 bridgehead atoms. The first-order valence-electron chi connectivity index (χ1n) is 7.98. The van der Waals surface area contributed by atoms with Crippen molar-refractivity contribution in [1.29, 1.82) is 0 Å². The summed E-state index contributed by atoms with van der Waals surface area (Å²) < 4.78 is 84.7. The van der Waals surface area contributed by atoms with E-state index in [-0.39, 0.29) is 32.9 Å². The molecule has 0 saturated heterocycles. The van der Waals surface area contributed by atoms with Crippen LogP contribution in [0.25, 0.3) is 32.9 Å². The Balaban J connectivity index is 1.86. The van der Waals surface area contributed by atoms with Crippen molar-refractivity contribution in [2.75, 3.05) is 0 Å². The van der Waals surface area contributed by atoms with Crippen LogP contribution in [0.2, 0.25) is 0 Å². The van der Waals surface area contributed by atoms with Gasteiger partial charge in [0.1, 0.15) is 0 Å². The van der Waals surface area contributed by atoms with Crippen LogP contribution in [0.1, 0.15) is 11.8 Å². The fourth-order valence-corrected chi connectivity index (χ4v) is 2.75. The molecule has 4 rings (SSSR count). The molecule has 2 aromatic carbocycles. The lowest BCUT2D eigenvalue weighted by Crippen LogP contribution is -2.14. The van der Waals surface area contributed by atoms with Gasteiger partial charge < -0.3 is 8.83 Å². The Bertz CT molecular complexity index is 1310. The molecule has 6 nitrogen and oxygen atoms in total. The molecule has 0 radical (unpaired) electrons. The number of nitrogens with zero attached hydrogens (tertiary/aromatic N) is 2. The highest BCUT2D eigenvalue weighted by Gasteiger charge is 2.38. The van der Waals surface area contributed by atoms with Gasteiger partial charge in [-0.15, -0.1) is 0 Å². The van der Waals surface area contributed by atoms with Crippen LogP contribution in [0.15, 0.2) is 54.8 Å².